The van der Waals surface area contributed by atoms with E-state index >= 15 is 0 Å². The summed E-state index contributed by atoms with van der Waals surface area (Å²) in [6.45, 7) is 1.62. The molecule has 2 rings (SSSR count). The molecule has 94 valence electrons. The maximum absolute atomic E-state index is 13.8. The standard InChI is InChI=1S/C14H12ClFOS/c1-9(17)12-6-3-7-13(16)14(12)18-11-5-2-4-10(15)8-11/h2-9,17H,1H3. The van der Waals surface area contributed by atoms with Crippen LogP contribution in [0.2, 0.25) is 5.02 Å². The Morgan fingerprint density at radius 2 is 1.94 bits per heavy atom. The summed E-state index contributed by atoms with van der Waals surface area (Å²) in [5.41, 5.74) is 0.583. The van der Waals surface area contributed by atoms with Crippen molar-refractivity contribution in [2.75, 3.05) is 0 Å². The maximum atomic E-state index is 13.8. The van der Waals surface area contributed by atoms with Crippen LogP contribution in [0.3, 0.4) is 0 Å². The molecule has 1 unspecified atom stereocenters. The van der Waals surface area contributed by atoms with Crippen LogP contribution in [-0.4, -0.2) is 5.11 Å². The highest BCUT2D eigenvalue weighted by molar-refractivity contribution is 7.99. The van der Waals surface area contributed by atoms with Crippen molar-refractivity contribution < 1.29 is 9.50 Å². The van der Waals surface area contributed by atoms with E-state index in [4.69, 9.17) is 11.6 Å². The van der Waals surface area contributed by atoms with E-state index in [1.165, 1.54) is 17.8 Å². The number of hydrogen-bond donors (Lipinski definition) is 1. The number of aliphatic hydroxyl groups is 1. The summed E-state index contributed by atoms with van der Waals surface area (Å²) in [6.07, 6.45) is -0.706. The summed E-state index contributed by atoms with van der Waals surface area (Å²) in [5.74, 6) is -0.335. The summed E-state index contributed by atoms with van der Waals surface area (Å²) in [4.78, 5) is 1.28. The Hall–Kier alpha value is -1.03. The summed E-state index contributed by atoms with van der Waals surface area (Å²) in [7, 11) is 0. The molecule has 0 fully saturated rings. The van der Waals surface area contributed by atoms with Crippen LogP contribution in [0.25, 0.3) is 0 Å². The normalized spacial score (nSPS) is 12.4. The van der Waals surface area contributed by atoms with Gasteiger partial charge in [0, 0.05) is 9.92 Å². The van der Waals surface area contributed by atoms with Gasteiger partial charge in [0.05, 0.1) is 11.0 Å². The predicted octanol–water partition coefficient (Wildman–Crippen LogP) is 4.68. The minimum absolute atomic E-state index is 0.335. The molecule has 18 heavy (non-hydrogen) atoms. The summed E-state index contributed by atoms with van der Waals surface area (Å²) >= 11 is 7.16. The minimum Gasteiger partial charge on any atom is -0.389 e. The number of rotatable bonds is 3. The van der Waals surface area contributed by atoms with Gasteiger partial charge in [-0.25, -0.2) is 4.39 Å². The molecule has 0 saturated carbocycles. The molecule has 2 aromatic rings. The zero-order valence-corrected chi connectivity index (χ0v) is 11.3. The Kier molecular flexibility index (Phi) is 4.27. The van der Waals surface area contributed by atoms with Gasteiger partial charge in [0.1, 0.15) is 5.82 Å². The molecule has 2 aromatic carbocycles. The third-order valence-electron chi connectivity index (χ3n) is 2.46. The Balaban J connectivity index is 2.39. The lowest BCUT2D eigenvalue weighted by atomic mass is 10.1. The fourth-order valence-corrected chi connectivity index (χ4v) is 2.96. The highest BCUT2D eigenvalue weighted by Gasteiger charge is 2.13. The molecule has 0 saturated heterocycles. The molecule has 1 N–H and O–H groups in total. The van der Waals surface area contributed by atoms with E-state index < -0.39 is 6.10 Å². The van der Waals surface area contributed by atoms with Crippen LogP contribution in [0, 0.1) is 5.82 Å². The van der Waals surface area contributed by atoms with Gasteiger partial charge in [-0.2, -0.15) is 0 Å². The van der Waals surface area contributed by atoms with Crippen LogP contribution in [0.15, 0.2) is 52.3 Å². The van der Waals surface area contributed by atoms with Gasteiger partial charge < -0.3 is 5.11 Å². The van der Waals surface area contributed by atoms with Gasteiger partial charge in [-0.3, -0.25) is 0 Å². The first kappa shape index (κ1) is 13.4. The minimum atomic E-state index is -0.706. The van der Waals surface area contributed by atoms with Crippen molar-refractivity contribution in [3.8, 4) is 0 Å². The van der Waals surface area contributed by atoms with E-state index in [0.717, 1.165) is 4.90 Å². The van der Waals surface area contributed by atoms with Gasteiger partial charge in [0.25, 0.3) is 0 Å². The smallest absolute Gasteiger partial charge is 0.137 e. The van der Waals surface area contributed by atoms with Gasteiger partial charge >= 0.3 is 0 Å². The van der Waals surface area contributed by atoms with E-state index in [2.05, 4.69) is 0 Å². The SMILES string of the molecule is CC(O)c1cccc(F)c1Sc1cccc(Cl)c1. The lowest BCUT2D eigenvalue weighted by Crippen LogP contribution is -1.96. The summed E-state index contributed by atoms with van der Waals surface area (Å²) in [5, 5.41) is 10.3. The van der Waals surface area contributed by atoms with E-state index in [0.29, 0.717) is 15.5 Å². The molecule has 0 bridgehead atoms. The van der Waals surface area contributed by atoms with Gasteiger partial charge in [0.15, 0.2) is 0 Å². The van der Waals surface area contributed by atoms with E-state index in [1.807, 2.05) is 12.1 Å². The largest absolute Gasteiger partial charge is 0.389 e. The van der Waals surface area contributed by atoms with Crippen LogP contribution in [-0.2, 0) is 0 Å². The Labute approximate surface area is 115 Å². The first-order valence-corrected chi connectivity index (χ1v) is 6.67. The van der Waals surface area contributed by atoms with E-state index in [1.54, 1.807) is 31.2 Å². The zero-order chi connectivity index (χ0) is 13.1. The van der Waals surface area contributed by atoms with Crippen molar-refractivity contribution >= 4 is 23.4 Å². The van der Waals surface area contributed by atoms with Crippen molar-refractivity contribution in [2.24, 2.45) is 0 Å². The quantitative estimate of drug-likeness (QED) is 0.882. The van der Waals surface area contributed by atoms with Crippen LogP contribution in [0.5, 0.6) is 0 Å². The Bertz CT molecular complexity index is 557. The fourth-order valence-electron chi connectivity index (χ4n) is 1.61. The number of aliphatic hydroxyl groups excluding tert-OH is 1. The molecule has 0 radical (unpaired) electrons. The van der Waals surface area contributed by atoms with Crippen molar-refractivity contribution in [3.63, 3.8) is 0 Å². The van der Waals surface area contributed by atoms with E-state index in [-0.39, 0.29) is 5.82 Å². The first-order valence-electron chi connectivity index (χ1n) is 5.48. The Morgan fingerprint density at radius 1 is 1.22 bits per heavy atom. The predicted molar refractivity (Wildman–Crippen MR) is 72.6 cm³/mol. The highest BCUT2D eigenvalue weighted by Crippen LogP contribution is 2.36. The number of hydrogen-bond acceptors (Lipinski definition) is 2. The topological polar surface area (TPSA) is 20.2 Å². The monoisotopic (exact) mass is 282 g/mol. The average Bonchev–Trinajstić information content (AvgIpc) is 2.31. The molecule has 0 heterocycles. The molecule has 0 aromatic heterocycles. The van der Waals surface area contributed by atoms with Crippen LogP contribution < -0.4 is 0 Å². The van der Waals surface area contributed by atoms with Gasteiger partial charge in [-0.05, 0) is 36.8 Å². The van der Waals surface area contributed by atoms with Gasteiger partial charge in [-0.15, -0.1) is 0 Å². The van der Waals surface area contributed by atoms with Crippen molar-refractivity contribution in [2.45, 2.75) is 22.8 Å². The number of benzene rings is 2. The molecule has 1 nitrogen and oxygen atoms in total. The molecule has 1 atom stereocenters. The maximum Gasteiger partial charge on any atom is 0.137 e. The molecule has 4 heteroatoms. The molecule has 0 spiro atoms. The van der Waals surface area contributed by atoms with Crippen LogP contribution >= 0.6 is 23.4 Å². The third kappa shape index (κ3) is 3.05. The number of halogens is 2. The average molecular weight is 283 g/mol. The van der Waals surface area contributed by atoms with Gasteiger partial charge in [-0.1, -0.05) is 41.6 Å². The lowest BCUT2D eigenvalue weighted by molar-refractivity contribution is 0.195. The highest BCUT2D eigenvalue weighted by atomic mass is 35.5. The molecular weight excluding hydrogens is 271 g/mol. The molecule has 0 aliphatic carbocycles. The second kappa shape index (κ2) is 5.74. The summed E-state index contributed by atoms with van der Waals surface area (Å²) < 4.78 is 13.8. The second-order valence-electron chi connectivity index (χ2n) is 3.89. The third-order valence-corrected chi connectivity index (χ3v) is 3.82. The second-order valence-corrected chi connectivity index (χ2v) is 5.41. The van der Waals surface area contributed by atoms with Gasteiger partial charge in [0.2, 0.25) is 0 Å². The summed E-state index contributed by atoms with van der Waals surface area (Å²) in [6, 6.07) is 11.9. The van der Waals surface area contributed by atoms with Crippen LogP contribution in [0.4, 0.5) is 4.39 Å². The molecule has 0 aliphatic heterocycles. The van der Waals surface area contributed by atoms with Crippen molar-refractivity contribution in [1.29, 1.82) is 0 Å². The zero-order valence-electron chi connectivity index (χ0n) is 9.73. The Morgan fingerprint density at radius 3 is 2.61 bits per heavy atom. The van der Waals surface area contributed by atoms with E-state index in [9.17, 15) is 9.50 Å². The van der Waals surface area contributed by atoms with Crippen molar-refractivity contribution in [1.82, 2.24) is 0 Å². The first-order chi connectivity index (χ1) is 8.58. The fraction of sp³-hybridized carbons (Fsp3) is 0.143. The lowest BCUT2D eigenvalue weighted by Gasteiger charge is -2.12. The molecule has 0 aliphatic rings. The van der Waals surface area contributed by atoms with Crippen molar-refractivity contribution in [3.05, 3.63) is 58.9 Å². The van der Waals surface area contributed by atoms with Crippen LogP contribution in [0.1, 0.15) is 18.6 Å². The molecule has 0 amide bonds. The molecular formula is C14H12ClFOS.